The van der Waals surface area contributed by atoms with Gasteiger partial charge in [-0.1, -0.05) is 23.7 Å². The highest BCUT2D eigenvalue weighted by molar-refractivity contribution is 7.16. The van der Waals surface area contributed by atoms with Gasteiger partial charge in [-0.05, 0) is 31.2 Å². The average Bonchev–Trinajstić information content (AvgIpc) is 3.07. The number of nitrogens with zero attached hydrogens (tertiary/aromatic N) is 3. The molecule has 1 aliphatic rings. The zero-order valence-corrected chi connectivity index (χ0v) is 16.2. The normalized spacial score (nSPS) is 16.8. The minimum absolute atomic E-state index is 0.0776. The summed E-state index contributed by atoms with van der Waals surface area (Å²) in [5, 5.41) is 12.0. The van der Waals surface area contributed by atoms with Gasteiger partial charge in [-0.25, -0.2) is 0 Å². The number of hydrogen-bond donors (Lipinski definition) is 1. The Balaban J connectivity index is 1.52. The summed E-state index contributed by atoms with van der Waals surface area (Å²) in [7, 11) is 0. The van der Waals surface area contributed by atoms with Gasteiger partial charge in [0.2, 0.25) is 5.91 Å². The van der Waals surface area contributed by atoms with E-state index in [1.165, 1.54) is 4.88 Å². The van der Waals surface area contributed by atoms with Crippen molar-refractivity contribution in [1.29, 1.82) is 5.26 Å². The first kappa shape index (κ1) is 18.9. The minimum atomic E-state index is -0.236. The van der Waals surface area contributed by atoms with Gasteiger partial charge in [-0.2, -0.15) is 5.26 Å². The van der Waals surface area contributed by atoms with Crippen molar-refractivity contribution in [2.75, 3.05) is 31.5 Å². The fourth-order valence-electron chi connectivity index (χ4n) is 3.06. The van der Waals surface area contributed by atoms with Crippen molar-refractivity contribution in [3.63, 3.8) is 0 Å². The molecule has 1 aliphatic heterocycles. The molecule has 3 rings (SSSR count). The van der Waals surface area contributed by atoms with Crippen LogP contribution in [0.5, 0.6) is 0 Å². The van der Waals surface area contributed by atoms with Crippen LogP contribution in [0.1, 0.15) is 17.4 Å². The number of rotatable bonds is 5. The van der Waals surface area contributed by atoms with Crippen LogP contribution in [0.2, 0.25) is 4.34 Å². The molecule has 2 heterocycles. The van der Waals surface area contributed by atoms with Crippen LogP contribution in [-0.4, -0.2) is 47.9 Å². The van der Waals surface area contributed by atoms with Gasteiger partial charge in [0.15, 0.2) is 0 Å². The van der Waals surface area contributed by atoms with Crippen molar-refractivity contribution >= 4 is 34.5 Å². The average molecular weight is 389 g/mol. The number of benzene rings is 1. The molecule has 26 heavy (non-hydrogen) atoms. The molecule has 1 atom stereocenters. The molecule has 2 aromatic rings. The number of thiophene rings is 1. The number of piperazine rings is 1. The summed E-state index contributed by atoms with van der Waals surface area (Å²) in [6.07, 6.45) is 0. The molecule has 136 valence electrons. The Labute approximate surface area is 162 Å². The molecule has 0 aliphatic carbocycles. The molecule has 1 saturated heterocycles. The van der Waals surface area contributed by atoms with Crippen LogP contribution >= 0.6 is 22.9 Å². The van der Waals surface area contributed by atoms with E-state index in [-0.39, 0.29) is 11.9 Å². The van der Waals surface area contributed by atoms with Crippen LogP contribution in [0.3, 0.4) is 0 Å². The van der Waals surface area contributed by atoms with E-state index < -0.39 is 0 Å². The standard InChI is InChI=1S/C19H21ClN4OS/c1-14(19(25)22-17-5-3-2-4-15(17)12-21)24-10-8-23(9-11-24)13-16-6-7-18(20)26-16/h2-7,14H,8-11,13H2,1H3,(H,22,25)/t14-/m0/s1. The summed E-state index contributed by atoms with van der Waals surface area (Å²) in [5.74, 6) is -0.0776. The lowest BCUT2D eigenvalue weighted by Gasteiger charge is -2.37. The van der Waals surface area contributed by atoms with Crippen molar-refractivity contribution in [3.8, 4) is 6.07 Å². The molecule has 0 radical (unpaired) electrons. The van der Waals surface area contributed by atoms with Crippen LogP contribution in [0, 0.1) is 11.3 Å². The van der Waals surface area contributed by atoms with Gasteiger partial charge in [0, 0.05) is 37.6 Å². The van der Waals surface area contributed by atoms with Crippen LogP contribution < -0.4 is 5.32 Å². The molecular formula is C19H21ClN4OS. The molecule has 1 amide bonds. The van der Waals surface area contributed by atoms with E-state index >= 15 is 0 Å². The van der Waals surface area contributed by atoms with Gasteiger partial charge in [-0.15, -0.1) is 11.3 Å². The summed E-state index contributed by atoms with van der Waals surface area (Å²) in [5.41, 5.74) is 1.05. The maximum atomic E-state index is 12.6. The second kappa shape index (κ2) is 8.65. The molecule has 1 aromatic heterocycles. The lowest BCUT2D eigenvalue weighted by Crippen LogP contribution is -2.52. The molecule has 7 heteroatoms. The van der Waals surface area contributed by atoms with Crippen molar-refractivity contribution in [2.24, 2.45) is 0 Å². The van der Waals surface area contributed by atoms with Crippen LogP contribution in [-0.2, 0) is 11.3 Å². The predicted octanol–water partition coefficient (Wildman–Crippen LogP) is 3.42. The Morgan fingerprint density at radius 2 is 2.00 bits per heavy atom. The van der Waals surface area contributed by atoms with Gasteiger partial charge in [0.05, 0.1) is 21.6 Å². The largest absolute Gasteiger partial charge is 0.324 e. The first-order valence-electron chi connectivity index (χ1n) is 8.57. The van der Waals surface area contributed by atoms with Crippen LogP contribution in [0.4, 0.5) is 5.69 Å². The molecule has 1 N–H and O–H groups in total. The third-order valence-corrected chi connectivity index (χ3v) is 5.86. The van der Waals surface area contributed by atoms with E-state index in [1.807, 2.05) is 19.1 Å². The first-order valence-corrected chi connectivity index (χ1v) is 9.77. The van der Waals surface area contributed by atoms with Crippen molar-refractivity contribution in [2.45, 2.75) is 19.5 Å². The van der Waals surface area contributed by atoms with Gasteiger partial charge in [0.25, 0.3) is 0 Å². The summed E-state index contributed by atoms with van der Waals surface area (Å²) in [6.45, 7) is 6.34. The maximum absolute atomic E-state index is 12.6. The zero-order chi connectivity index (χ0) is 18.5. The van der Waals surface area contributed by atoms with E-state index in [0.29, 0.717) is 11.3 Å². The summed E-state index contributed by atoms with van der Waals surface area (Å²) in [6, 6.07) is 12.9. The number of nitriles is 1. The lowest BCUT2D eigenvalue weighted by atomic mass is 10.1. The van der Waals surface area contributed by atoms with Crippen molar-refractivity contribution < 1.29 is 4.79 Å². The van der Waals surface area contributed by atoms with Gasteiger partial charge >= 0.3 is 0 Å². The fraction of sp³-hybridized carbons (Fsp3) is 0.368. The smallest absolute Gasteiger partial charge is 0.241 e. The Kier molecular flexibility index (Phi) is 6.28. The third kappa shape index (κ3) is 4.63. The molecule has 5 nitrogen and oxygen atoms in total. The summed E-state index contributed by atoms with van der Waals surface area (Å²) in [4.78, 5) is 18.4. The van der Waals surface area contributed by atoms with Gasteiger partial charge < -0.3 is 5.32 Å². The second-order valence-electron chi connectivity index (χ2n) is 6.34. The molecule has 0 spiro atoms. The second-order valence-corrected chi connectivity index (χ2v) is 8.14. The zero-order valence-electron chi connectivity index (χ0n) is 14.6. The molecule has 1 fully saturated rings. The highest BCUT2D eigenvalue weighted by Gasteiger charge is 2.26. The number of hydrogen-bond acceptors (Lipinski definition) is 5. The number of carbonyl (C=O) groups excluding carboxylic acids is 1. The van der Waals surface area contributed by atoms with Gasteiger partial charge in [-0.3, -0.25) is 14.6 Å². The molecule has 0 unspecified atom stereocenters. The number of para-hydroxylation sites is 1. The lowest BCUT2D eigenvalue weighted by molar-refractivity contribution is -0.121. The highest BCUT2D eigenvalue weighted by atomic mass is 35.5. The van der Waals surface area contributed by atoms with Crippen LogP contribution in [0.25, 0.3) is 0 Å². The van der Waals surface area contributed by atoms with E-state index in [2.05, 4.69) is 27.3 Å². The SMILES string of the molecule is C[C@@H](C(=O)Nc1ccccc1C#N)N1CCN(Cc2ccc(Cl)s2)CC1. The maximum Gasteiger partial charge on any atom is 0.241 e. The summed E-state index contributed by atoms with van der Waals surface area (Å²) < 4.78 is 0.821. The molecule has 0 bridgehead atoms. The number of amides is 1. The topological polar surface area (TPSA) is 59.4 Å². The van der Waals surface area contributed by atoms with E-state index in [1.54, 1.807) is 29.5 Å². The highest BCUT2D eigenvalue weighted by Crippen LogP contribution is 2.23. The Morgan fingerprint density at radius 3 is 2.65 bits per heavy atom. The Bertz CT molecular complexity index is 808. The molecular weight excluding hydrogens is 368 g/mol. The number of halogens is 1. The van der Waals surface area contributed by atoms with Crippen molar-refractivity contribution in [1.82, 2.24) is 9.80 Å². The Morgan fingerprint density at radius 1 is 1.27 bits per heavy atom. The molecule has 0 saturated carbocycles. The summed E-state index contributed by atoms with van der Waals surface area (Å²) >= 11 is 7.61. The number of carbonyl (C=O) groups is 1. The molecule has 1 aromatic carbocycles. The van der Waals surface area contributed by atoms with Gasteiger partial charge in [0.1, 0.15) is 6.07 Å². The third-order valence-electron chi connectivity index (χ3n) is 4.65. The van der Waals surface area contributed by atoms with Crippen LogP contribution in [0.15, 0.2) is 36.4 Å². The quantitative estimate of drug-likeness (QED) is 0.852. The van der Waals surface area contributed by atoms with E-state index in [0.717, 1.165) is 37.1 Å². The van der Waals surface area contributed by atoms with E-state index in [4.69, 9.17) is 16.9 Å². The van der Waals surface area contributed by atoms with Crippen molar-refractivity contribution in [3.05, 3.63) is 51.2 Å². The predicted molar refractivity (Wildman–Crippen MR) is 105 cm³/mol. The Hall–Kier alpha value is -1.91. The fourth-order valence-corrected chi connectivity index (χ4v) is 4.19. The monoisotopic (exact) mass is 388 g/mol. The first-order chi connectivity index (χ1) is 12.6. The minimum Gasteiger partial charge on any atom is -0.324 e. The number of nitrogens with one attached hydrogen (secondary N) is 1. The number of anilines is 1. The van der Waals surface area contributed by atoms with E-state index in [9.17, 15) is 4.79 Å².